The van der Waals surface area contributed by atoms with E-state index in [-0.39, 0.29) is 17.9 Å². The summed E-state index contributed by atoms with van der Waals surface area (Å²) in [5, 5.41) is 0. The molecular formula is C16H20FN3. The molecule has 0 bridgehead atoms. The average Bonchev–Trinajstić information content (AvgIpc) is 2.42. The Balaban J connectivity index is 2.20. The van der Waals surface area contributed by atoms with Crippen molar-refractivity contribution in [3.63, 3.8) is 0 Å². The molecule has 0 aliphatic rings. The summed E-state index contributed by atoms with van der Waals surface area (Å²) >= 11 is 0. The molecule has 20 heavy (non-hydrogen) atoms. The summed E-state index contributed by atoms with van der Waals surface area (Å²) in [6, 6.07) is 10.7. The van der Waals surface area contributed by atoms with Crippen molar-refractivity contribution in [1.82, 2.24) is 9.88 Å². The molecule has 0 amide bonds. The Morgan fingerprint density at radius 3 is 2.45 bits per heavy atom. The number of nitrogens with two attached hydrogens (primary N) is 1. The van der Waals surface area contributed by atoms with Crippen LogP contribution in [0.15, 0.2) is 48.8 Å². The molecule has 1 aromatic carbocycles. The molecule has 106 valence electrons. The van der Waals surface area contributed by atoms with Gasteiger partial charge in [0.05, 0.1) is 0 Å². The van der Waals surface area contributed by atoms with Gasteiger partial charge >= 0.3 is 0 Å². The third-order valence-corrected chi connectivity index (χ3v) is 3.40. The summed E-state index contributed by atoms with van der Waals surface area (Å²) in [6.07, 6.45) is 3.50. The fraction of sp³-hybridized carbons (Fsp3) is 0.312. The molecule has 0 saturated heterocycles. The van der Waals surface area contributed by atoms with Gasteiger partial charge in [0, 0.05) is 36.6 Å². The van der Waals surface area contributed by atoms with Crippen LogP contribution in [0.3, 0.4) is 0 Å². The molecular weight excluding hydrogens is 253 g/mol. The Bertz CT molecular complexity index is 542. The van der Waals surface area contributed by atoms with E-state index in [4.69, 9.17) is 5.73 Å². The van der Waals surface area contributed by atoms with Crippen molar-refractivity contribution >= 4 is 0 Å². The lowest BCUT2D eigenvalue weighted by Gasteiger charge is -2.31. The number of hydrogen-bond acceptors (Lipinski definition) is 3. The van der Waals surface area contributed by atoms with E-state index in [1.807, 2.05) is 32.2 Å². The van der Waals surface area contributed by atoms with Crippen LogP contribution < -0.4 is 5.73 Å². The molecule has 0 aliphatic heterocycles. The van der Waals surface area contributed by atoms with E-state index >= 15 is 0 Å². The van der Waals surface area contributed by atoms with Gasteiger partial charge in [0.2, 0.25) is 0 Å². The zero-order valence-corrected chi connectivity index (χ0v) is 11.8. The molecule has 2 unspecified atom stereocenters. The molecule has 4 heteroatoms. The second kappa shape index (κ2) is 6.59. The lowest BCUT2D eigenvalue weighted by molar-refractivity contribution is 0.208. The van der Waals surface area contributed by atoms with Gasteiger partial charge in [-0.25, -0.2) is 4.39 Å². The van der Waals surface area contributed by atoms with Crippen molar-refractivity contribution < 1.29 is 4.39 Å². The molecule has 2 atom stereocenters. The van der Waals surface area contributed by atoms with Gasteiger partial charge in [0.1, 0.15) is 5.82 Å². The second-order valence-electron chi connectivity index (χ2n) is 5.09. The van der Waals surface area contributed by atoms with Gasteiger partial charge in [-0.2, -0.15) is 0 Å². The third-order valence-electron chi connectivity index (χ3n) is 3.40. The molecule has 1 heterocycles. The minimum atomic E-state index is -0.183. The summed E-state index contributed by atoms with van der Waals surface area (Å²) in [4.78, 5) is 6.09. The molecule has 0 radical (unpaired) electrons. The normalized spacial score (nSPS) is 14.2. The first kappa shape index (κ1) is 14.6. The first-order chi connectivity index (χ1) is 9.59. The smallest absolute Gasteiger partial charge is 0.127 e. The van der Waals surface area contributed by atoms with E-state index in [1.54, 1.807) is 24.5 Å². The summed E-state index contributed by atoms with van der Waals surface area (Å²) < 4.78 is 13.7. The van der Waals surface area contributed by atoms with Crippen molar-refractivity contribution in [2.75, 3.05) is 7.05 Å². The van der Waals surface area contributed by atoms with Gasteiger partial charge in [-0.05, 0) is 37.7 Å². The van der Waals surface area contributed by atoms with Crippen LogP contribution in [0, 0.1) is 5.82 Å². The third kappa shape index (κ3) is 3.40. The van der Waals surface area contributed by atoms with E-state index in [0.29, 0.717) is 12.1 Å². The molecule has 2 N–H and O–H groups in total. The number of benzene rings is 1. The molecule has 0 saturated carbocycles. The van der Waals surface area contributed by atoms with Gasteiger partial charge < -0.3 is 5.73 Å². The van der Waals surface area contributed by atoms with Crippen molar-refractivity contribution in [2.24, 2.45) is 5.73 Å². The standard InChI is InChI=1S/C16H20FN3/c1-12(18)16(13-7-9-19-10-8-13)20(2)11-14-5-3-4-6-15(14)17/h3-10,12,16H,11,18H2,1-2H3. The first-order valence-corrected chi connectivity index (χ1v) is 6.68. The van der Waals surface area contributed by atoms with Crippen LogP contribution in [0.1, 0.15) is 24.1 Å². The number of nitrogens with zero attached hydrogens (tertiary/aromatic N) is 2. The summed E-state index contributed by atoms with van der Waals surface area (Å²) in [7, 11) is 1.96. The predicted molar refractivity (Wildman–Crippen MR) is 78.5 cm³/mol. The van der Waals surface area contributed by atoms with Crippen LogP contribution in [-0.4, -0.2) is 23.0 Å². The van der Waals surface area contributed by atoms with Crippen molar-refractivity contribution in [3.05, 3.63) is 65.7 Å². The number of aromatic nitrogens is 1. The van der Waals surface area contributed by atoms with Crippen molar-refractivity contribution in [1.29, 1.82) is 0 Å². The van der Waals surface area contributed by atoms with E-state index in [0.717, 1.165) is 5.56 Å². The second-order valence-corrected chi connectivity index (χ2v) is 5.09. The van der Waals surface area contributed by atoms with E-state index in [2.05, 4.69) is 9.88 Å². The topological polar surface area (TPSA) is 42.1 Å². The maximum atomic E-state index is 13.7. The number of likely N-dealkylation sites (N-methyl/N-ethyl adjacent to an activating group) is 1. The Kier molecular flexibility index (Phi) is 4.82. The summed E-state index contributed by atoms with van der Waals surface area (Å²) in [5.41, 5.74) is 7.87. The van der Waals surface area contributed by atoms with Gasteiger partial charge in [-0.15, -0.1) is 0 Å². The molecule has 1 aromatic heterocycles. The highest BCUT2D eigenvalue weighted by molar-refractivity contribution is 5.20. The monoisotopic (exact) mass is 273 g/mol. The lowest BCUT2D eigenvalue weighted by atomic mass is 10.00. The number of halogens is 1. The van der Waals surface area contributed by atoms with Crippen LogP contribution in [0.25, 0.3) is 0 Å². The Labute approximate surface area is 119 Å². The Hall–Kier alpha value is -1.78. The zero-order valence-electron chi connectivity index (χ0n) is 11.8. The first-order valence-electron chi connectivity index (χ1n) is 6.68. The fourth-order valence-corrected chi connectivity index (χ4v) is 2.51. The highest BCUT2D eigenvalue weighted by atomic mass is 19.1. The molecule has 2 aromatic rings. The SMILES string of the molecule is CC(N)C(c1ccncc1)N(C)Cc1ccccc1F. The quantitative estimate of drug-likeness (QED) is 0.911. The summed E-state index contributed by atoms with van der Waals surface area (Å²) in [5.74, 6) is -0.183. The summed E-state index contributed by atoms with van der Waals surface area (Å²) in [6.45, 7) is 2.48. The molecule has 3 nitrogen and oxygen atoms in total. The maximum Gasteiger partial charge on any atom is 0.127 e. The van der Waals surface area contributed by atoms with Crippen LogP contribution >= 0.6 is 0 Å². The van der Waals surface area contributed by atoms with Crippen LogP contribution in [0.2, 0.25) is 0 Å². The van der Waals surface area contributed by atoms with E-state index in [1.165, 1.54) is 6.07 Å². The van der Waals surface area contributed by atoms with Gasteiger partial charge in [-0.3, -0.25) is 9.88 Å². The number of hydrogen-bond donors (Lipinski definition) is 1. The Morgan fingerprint density at radius 2 is 1.85 bits per heavy atom. The van der Waals surface area contributed by atoms with Crippen LogP contribution in [-0.2, 0) is 6.54 Å². The number of pyridine rings is 1. The predicted octanol–water partition coefficient (Wildman–Crippen LogP) is 2.74. The molecule has 0 fully saturated rings. The molecule has 2 rings (SSSR count). The van der Waals surface area contributed by atoms with Gasteiger partial charge in [0.25, 0.3) is 0 Å². The Morgan fingerprint density at radius 1 is 1.20 bits per heavy atom. The van der Waals surface area contributed by atoms with E-state index < -0.39 is 0 Å². The minimum Gasteiger partial charge on any atom is -0.326 e. The fourth-order valence-electron chi connectivity index (χ4n) is 2.51. The van der Waals surface area contributed by atoms with E-state index in [9.17, 15) is 4.39 Å². The van der Waals surface area contributed by atoms with Crippen molar-refractivity contribution in [3.8, 4) is 0 Å². The largest absolute Gasteiger partial charge is 0.326 e. The van der Waals surface area contributed by atoms with Crippen LogP contribution in [0.5, 0.6) is 0 Å². The highest BCUT2D eigenvalue weighted by Gasteiger charge is 2.21. The maximum absolute atomic E-state index is 13.7. The number of rotatable bonds is 5. The molecule has 0 aliphatic carbocycles. The van der Waals surface area contributed by atoms with Crippen LogP contribution in [0.4, 0.5) is 4.39 Å². The lowest BCUT2D eigenvalue weighted by Crippen LogP contribution is -2.37. The van der Waals surface area contributed by atoms with Gasteiger partial charge in [0.15, 0.2) is 0 Å². The van der Waals surface area contributed by atoms with Crippen molar-refractivity contribution in [2.45, 2.75) is 25.6 Å². The average molecular weight is 273 g/mol. The highest BCUT2D eigenvalue weighted by Crippen LogP contribution is 2.24. The zero-order chi connectivity index (χ0) is 14.5. The molecule has 0 spiro atoms. The van der Waals surface area contributed by atoms with Gasteiger partial charge in [-0.1, -0.05) is 18.2 Å². The minimum absolute atomic E-state index is 0.0256.